The first kappa shape index (κ1) is 15.3. The van der Waals surface area contributed by atoms with Crippen molar-refractivity contribution in [1.82, 2.24) is 8.75 Å². The molecule has 1 heterocycles. The van der Waals surface area contributed by atoms with Gasteiger partial charge < -0.3 is 10.1 Å². The molecule has 0 radical (unpaired) electrons. The molecule has 0 saturated carbocycles. The van der Waals surface area contributed by atoms with Crippen LogP contribution in [-0.2, 0) is 9.53 Å². The van der Waals surface area contributed by atoms with E-state index in [9.17, 15) is 4.79 Å². The van der Waals surface area contributed by atoms with Gasteiger partial charge >= 0.3 is 5.97 Å². The van der Waals surface area contributed by atoms with Crippen LogP contribution in [0.1, 0.15) is 20.3 Å². The van der Waals surface area contributed by atoms with Crippen LogP contribution in [-0.4, -0.2) is 27.4 Å². The predicted molar refractivity (Wildman–Crippen MR) is 81.8 cm³/mol. The molecule has 2 rings (SSSR count). The average Bonchev–Trinajstić information content (AvgIpc) is 2.84. The van der Waals surface area contributed by atoms with Gasteiger partial charge in [-0.1, -0.05) is 23.2 Å². The standard InChI is InChI=1S/C12H13Cl2N3O2S/c1-3-19-9(18)4-6(2)15-10-7(13)5-8(14)11-12(10)17-20-16-11/h5-6,15H,3-4H2,1-2H3. The summed E-state index contributed by atoms with van der Waals surface area (Å²) < 4.78 is 13.2. The molecule has 1 N–H and O–H groups in total. The molecule has 108 valence electrons. The van der Waals surface area contributed by atoms with Gasteiger partial charge in [-0.15, -0.1) is 0 Å². The molecule has 20 heavy (non-hydrogen) atoms. The third-order valence-electron chi connectivity index (χ3n) is 2.61. The molecule has 0 amide bonds. The Labute approximate surface area is 130 Å². The van der Waals surface area contributed by atoms with Crippen molar-refractivity contribution in [3.8, 4) is 0 Å². The number of benzene rings is 1. The van der Waals surface area contributed by atoms with Gasteiger partial charge in [0.05, 0.1) is 40.5 Å². The Morgan fingerprint density at radius 1 is 1.40 bits per heavy atom. The van der Waals surface area contributed by atoms with E-state index in [1.807, 2.05) is 6.92 Å². The van der Waals surface area contributed by atoms with E-state index < -0.39 is 0 Å². The second-order valence-electron chi connectivity index (χ2n) is 4.23. The van der Waals surface area contributed by atoms with Gasteiger partial charge in [0.25, 0.3) is 0 Å². The Morgan fingerprint density at radius 2 is 2.10 bits per heavy atom. The van der Waals surface area contributed by atoms with Gasteiger partial charge in [-0.25, -0.2) is 0 Å². The molecule has 0 saturated heterocycles. The highest BCUT2D eigenvalue weighted by Gasteiger charge is 2.17. The van der Waals surface area contributed by atoms with E-state index in [0.717, 1.165) is 11.7 Å². The lowest BCUT2D eigenvalue weighted by molar-refractivity contribution is -0.143. The van der Waals surface area contributed by atoms with Gasteiger partial charge in [0.2, 0.25) is 0 Å². The van der Waals surface area contributed by atoms with E-state index in [-0.39, 0.29) is 18.4 Å². The highest BCUT2D eigenvalue weighted by Crippen LogP contribution is 2.35. The van der Waals surface area contributed by atoms with Gasteiger partial charge in [-0.3, -0.25) is 4.79 Å². The van der Waals surface area contributed by atoms with Gasteiger partial charge in [0.15, 0.2) is 0 Å². The maximum atomic E-state index is 11.5. The van der Waals surface area contributed by atoms with Crippen molar-refractivity contribution in [3.05, 3.63) is 16.1 Å². The van der Waals surface area contributed by atoms with Crippen molar-refractivity contribution in [1.29, 1.82) is 0 Å². The lowest BCUT2D eigenvalue weighted by atomic mass is 10.2. The van der Waals surface area contributed by atoms with Crippen LogP contribution in [0.5, 0.6) is 0 Å². The number of hydrogen-bond donors (Lipinski definition) is 1. The molecule has 8 heteroatoms. The first-order valence-electron chi connectivity index (χ1n) is 6.05. The van der Waals surface area contributed by atoms with Gasteiger partial charge in [0, 0.05) is 6.04 Å². The molecule has 0 aliphatic heterocycles. The molecule has 2 aromatic rings. The number of hydrogen-bond acceptors (Lipinski definition) is 6. The Bertz CT molecular complexity index is 632. The zero-order chi connectivity index (χ0) is 14.7. The number of halogens is 2. The summed E-state index contributed by atoms with van der Waals surface area (Å²) in [6, 6.07) is 1.48. The minimum atomic E-state index is -0.259. The SMILES string of the molecule is CCOC(=O)CC(C)Nc1c(Cl)cc(Cl)c2nsnc12. The average molecular weight is 334 g/mol. The van der Waals surface area contributed by atoms with Crippen molar-refractivity contribution < 1.29 is 9.53 Å². The number of carbonyl (C=O) groups excluding carboxylic acids is 1. The van der Waals surface area contributed by atoms with Crippen molar-refractivity contribution in [3.63, 3.8) is 0 Å². The Morgan fingerprint density at radius 3 is 2.80 bits per heavy atom. The maximum absolute atomic E-state index is 11.5. The normalized spacial score (nSPS) is 12.4. The molecular weight excluding hydrogens is 321 g/mol. The summed E-state index contributed by atoms with van der Waals surface area (Å²) in [7, 11) is 0. The van der Waals surface area contributed by atoms with Crippen LogP contribution < -0.4 is 5.32 Å². The third kappa shape index (κ3) is 3.31. The summed E-state index contributed by atoms with van der Waals surface area (Å²) in [6.07, 6.45) is 0.242. The highest BCUT2D eigenvalue weighted by molar-refractivity contribution is 7.00. The summed E-state index contributed by atoms with van der Waals surface area (Å²) in [5.74, 6) is -0.259. The molecule has 0 fully saturated rings. The Balaban J connectivity index is 2.21. The van der Waals surface area contributed by atoms with E-state index >= 15 is 0 Å². The van der Waals surface area contributed by atoms with E-state index in [1.165, 1.54) is 0 Å². The van der Waals surface area contributed by atoms with E-state index in [1.54, 1.807) is 13.0 Å². The number of rotatable bonds is 5. The fourth-order valence-electron chi connectivity index (χ4n) is 1.78. The second kappa shape index (κ2) is 6.56. The first-order chi connectivity index (χ1) is 9.52. The topological polar surface area (TPSA) is 64.1 Å². The number of esters is 1. The minimum Gasteiger partial charge on any atom is -0.466 e. The summed E-state index contributed by atoms with van der Waals surface area (Å²) in [4.78, 5) is 11.5. The number of fused-ring (bicyclic) bond motifs is 1. The summed E-state index contributed by atoms with van der Waals surface area (Å²) >= 11 is 13.3. The van der Waals surface area contributed by atoms with Crippen LogP contribution >= 0.6 is 34.9 Å². The van der Waals surface area contributed by atoms with Crippen LogP contribution in [0.3, 0.4) is 0 Å². The molecule has 0 aliphatic rings. The molecule has 0 spiro atoms. The van der Waals surface area contributed by atoms with E-state index in [4.69, 9.17) is 27.9 Å². The smallest absolute Gasteiger partial charge is 0.307 e. The number of aromatic nitrogens is 2. The van der Waals surface area contributed by atoms with Crippen LogP contribution in [0.25, 0.3) is 11.0 Å². The van der Waals surface area contributed by atoms with E-state index in [0.29, 0.717) is 33.4 Å². The van der Waals surface area contributed by atoms with Crippen molar-refractivity contribution in [2.24, 2.45) is 0 Å². The predicted octanol–water partition coefficient (Wildman–Crippen LogP) is 3.75. The fraction of sp³-hybridized carbons (Fsp3) is 0.417. The van der Waals surface area contributed by atoms with Crippen LogP contribution in [0.2, 0.25) is 10.0 Å². The fourth-order valence-corrected chi connectivity index (χ4v) is 2.95. The minimum absolute atomic E-state index is 0.141. The van der Waals surface area contributed by atoms with Crippen molar-refractivity contribution in [2.75, 3.05) is 11.9 Å². The van der Waals surface area contributed by atoms with Crippen LogP contribution in [0, 0.1) is 0 Å². The largest absolute Gasteiger partial charge is 0.466 e. The molecular formula is C12H13Cl2N3O2S. The zero-order valence-corrected chi connectivity index (χ0v) is 13.3. The number of anilines is 1. The summed E-state index contributed by atoms with van der Waals surface area (Å²) in [5, 5.41) is 4.08. The number of nitrogens with one attached hydrogen (secondary N) is 1. The Kier molecular flexibility index (Phi) is 5.01. The number of carbonyl (C=O) groups is 1. The lowest BCUT2D eigenvalue weighted by Gasteiger charge is -2.16. The molecule has 5 nitrogen and oxygen atoms in total. The van der Waals surface area contributed by atoms with Crippen LogP contribution in [0.4, 0.5) is 5.69 Å². The first-order valence-corrected chi connectivity index (χ1v) is 7.54. The van der Waals surface area contributed by atoms with Crippen molar-refractivity contribution >= 4 is 57.6 Å². The molecule has 0 aliphatic carbocycles. The van der Waals surface area contributed by atoms with Gasteiger partial charge in [0.1, 0.15) is 11.0 Å². The van der Waals surface area contributed by atoms with Gasteiger partial charge in [-0.05, 0) is 19.9 Å². The number of nitrogens with zero attached hydrogens (tertiary/aromatic N) is 2. The number of ether oxygens (including phenoxy) is 1. The molecule has 1 atom stereocenters. The monoisotopic (exact) mass is 333 g/mol. The van der Waals surface area contributed by atoms with Crippen molar-refractivity contribution in [2.45, 2.75) is 26.3 Å². The molecule has 1 unspecified atom stereocenters. The molecule has 1 aromatic carbocycles. The lowest BCUT2D eigenvalue weighted by Crippen LogP contribution is -2.21. The summed E-state index contributed by atoms with van der Waals surface area (Å²) in [6.45, 7) is 4.01. The molecule has 1 aromatic heterocycles. The Hall–Kier alpha value is -1.11. The molecule has 0 bridgehead atoms. The highest BCUT2D eigenvalue weighted by atomic mass is 35.5. The van der Waals surface area contributed by atoms with Crippen LogP contribution in [0.15, 0.2) is 6.07 Å². The third-order valence-corrected chi connectivity index (χ3v) is 3.73. The maximum Gasteiger partial charge on any atom is 0.307 e. The second-order valence-corrected chi connectivity index (χ2v) is 5.57. The van der Waals surface area contributed by atoms with Gasteiger partial charge in [-0.2, -0.15) is 8.75 Å². The van der Waals surface area contributed by atoms with E-state index in [2.05, 4.69) is 14.1 Å². The zero-order valence-electron chi connectivity index (χ0n) is 10.9. The summed E-state index contributed by atoms with van der Waals surface area (Å²) in [5.41, 5.74) is 1.85. The quantitative estimate of drug-likeness (QED) is 0.844.